The Kier molecular flexibility index (Phi) is 5.38. The summed E-state index contributed by atoms with van der Waals surface area (Å²) in [5.74, 6) is 0.871. The largest absolute Gasteiger partial charge is 0.468 e. The summed E-state index contributed by atoms with van der Waals surface area (Å²) in [4.78, 5) is 2.17. The highest BCUT2D eigenvalue weighted by molar-refractivity contribution is 5.08. The summed E-state index contributed by atoms with van der Waals surface area (Å²) in [5, 5.41) is 10.0. The molecule has 0 aromatic carbocycles. The number of nitrogens with zero attached hydrogens (tertiary/aromatic N) is 1. The second-order valence-electron chi connectivity index (χ2n) is 5.41. The predicted octanol–water partition coefficient (Wildman–Crippen LogP) is 2.15. The summed E-state index contributed by atoms with van der Waals surface area (Å²) < 4.78 is 5.51. The third-order valence-electron chi connectivity index (χ3n) is 3.10. The Morgan fingerprint density at radius 2 is 2.11 bits per heavy atom. The molecule has 1 heterocycles. The van der Waals surface area contributed by atoms with Gasteiger partial charge in [-0.15, -0.1) is 0 Å². The van der Waals surface area contributed by atoms with Crippen molar-refractivity contribution in [1.82, 2.24) is 4.90 Å². The highest BCUT2D eigenvalue weighted by atomic mass is 16.3. The van der Waals surface area contributed by atoms with Crippen molar-refractivity contribution >= 4 is 0 Å². The van der Waals surface area contributed by atoms with Gasteiger partial charge in [0.25, 0.3) is 0 Å². The van der Waals surface area contributed by atoms with Gasteiger partial charge in [0.1, 0.15) is 5.76 Å². The van der Waals surface area contributed by atoms with Crippen molar-refractivity contribution in [2.24, 2.45) is 5.73 Å². The van der Waals surface area contributed by atoms with Crippen LogP contribution in [0.2, 0.25) is 0 Å². The Balaban J connectivity index is 2.93. The van der Waals surface area contributed by atoms with E-state index in [0.717, 1.165) is 18.7 Å². The zero-order valence-corrected chi connectivity index (χ0v) is 11.9. The number of hydrogen-bond acceptors (Lipinski definition) is 4. The van der Waals surface area contributed by atoms with Gasteiger partial charge in [-0.3, -0.25) is 4.90 Å². The minimum absolute atomic E-state index is 0.00144. The summed E-state index contributed by atoms with van der Waals surface area (Å²) in [7, 11) is 0. The van der Waals surface area contributed by atoms with E-state index in [2.05, 4.69) is 18.7 Å². The van der Waals surface area contributed by atoms with Gasteiger partial charge in [-0.2, -0.15) is 0 Å². The second kappa shape index (κ2) is 6.36. The first-order chi connectivity index (χ1) is 8.39. The van der Waals surface area contributed by atoms with E-state index in [1.807, 2.05) is 26.0 Å². The van der Waals surface area contributed by atoms with Crippen LogP contribution in [-0.2, 0) is 0 Å². The fourth-order valence-corrected chi connectivity index (χ4v) is 2.25. The number of nitrogens with two attached hydrogens (primary N) is 1. The molecule has 0 saturated carbocycles. The first-order valence-electron chi connectivity index (χ1n) is 6.64. The molecule has 1 rings (SSSR count). The molecule has 2 atom stereocenters. The minimum atomic E-state index is -0.742. The molecule has 0 spiro atoms. The molecule has 0 radical (unpaired) electrons. The van der Waals surface area contributed by atoms with Crippen LogP contribution >= 0.6 is 0 Å². The number of hydrogen-bond donors (Lipinski definition) is 2. The number of furan rings is 1. The summed E-state index contributed by atoms with van der Waals surface area (Å²) in [6.45, 7) is 9.16. The lowest BCUT2D eigenvalue weighted by Gasteiger charge is -2.36. The maximum absolute atomic E-state index is 10.0. The van der Waals surface area contributed by atoms with E-state index < -0.39 is 5.60 Å². The van der Waals surface area contributed by atoms with Gasteiger partial charge in [-0.25, -0.2) is 0 Å². The molecule has 3 N–H and O–H groups in total. The van der Waals surface area contributed by atoms with Crippen molar-refractivity contribution in [3.8, 4) is 0 Å². The summed E-state index contributed by atoms with van der Waals surface area (Å²) in [6, 6.07) is 3.84. The first-order valence-corrected chi connectivity index (χ1v) is 6.64. The van der Waals surface area contributed by atoms with Crippen LogP contribution in [0.5, 0.6) is 0 Å². The molecule has 1 aromatic rings. The van der Waals surface area contributed by atoms with Crippen molar-refractivity contribution < 1.29 is 9.52 Å². The van der Waals surface area contributed by atoms with Crippen LogP contribution in [0.4, 0.5) is 0 Å². The van der Waals surface area contributed by atoms with Crippen LogP contribution in [0.3, 0.4) is 0 Å². The summed E-state index contributed by atoms with van der Waals surface area (Å²) in [6.07, 6.45) is 2.54. The summed E-state index contributed by atoms with van der Waals surface area (Å²) in [5.41, 5.74) is 5.48. The van der Waals surface area contributed by atoms with E-state index in [0.29, 0.717) is 6.54 Å². The van der Waals surface area contributed by atoms with E-state index in [1.165, 1.54) is 0 Å². The van der Waals surface area contributed by atoms with Crippen LogP contribution in [0.25, 0.3) is 0 Å². The third-order valence-corrected chi connectivity index (χ3v) is 3.10. The molecule has 0 amide bonds. The van der Waals surface area contributed by atoms with Crippen LogP contribution in [0, 0.1) is 0 Å². The highest BCUT2D eigenvalue weighted by Gasteiger charge is 2.30. The molecular formula is C14H26N2O2. The molecule has 0 aliphatic heterocycles. The Labute approximate surface area is 110 Å². The molecule has 0 saturated heterocycles. The van der Waals surface area contributed by atoms with E-state index in [-0.39, 0.29) is 12.1 Å². The molecule has 18 heavy (non-hydrogen) atoms. The smallest absolute Gasteiger partial charge is 0.122 e. The predicted molar refractivity (Wildman–Crippen MR) is 73.3 cm³/mol. The number of likely N-dealkylation sites (N-methyl/N-ethyl adjacent to an activating group) is 1. The number of rotatable bonds is 7. The first kappa shape index (κ1) is 15.2. The average Bonchev–Trinajstić information content (AvgIpc) is 2.79. The Bertz CT molecular complexity index is 330. The van der Waals surface area contributed by atoms with Crippen molar-refractivity contribution in [2.45, 2.75) is 51.8 Å². The molecule has 0 aliphatic rings. The van der Waals surface area contributed by atoms with E-state index in [4.69, 9.17) is 10.2 Å². The maximum Gasteiger partial charge on any atom is 0.122 e. The monoisotopic (exact) mass is 254 g/mol. The van der Waals surface area contributed by atoms with Gasteiger partial charge >= 0.3 is 0 Å². The van der Waals surface area contributed by atoms with Gasteiger partial charge in [0, 0.05) is 12.6 Å². The minimum Gasteiger partial charge on any atom is -0.468 e. The van der Waals surface area contributed by atoms with E-state index in [1.54, 1.807) is 6.26 Å². The lowest BCUT2D eigenvalue weighted by Crippen LogP contribution is -2.46. The third kappa shape index (κ3) is 4.12. The van der Waals surface area contributed by atoms with E-state index in [9.17, 15) is 5.11 Å². The van der Waals surface area contributed by atoms with Gasteiger partial charge < -0.3 is 15.3 Å². The lowest BCUT2D eigenvalue weighted by atomic mass is 9.99. The molecule has 0 aliphatic carbocycles. The van der Waals surface area contributed by atoms with E-state index >= 15 is 0 Å². The Hall–Kier alpha value is -0.840. The van der Waals surface area contributed by atoms with Gasteiger partial charge in [0.2, 0.25) is 0 Å². The lowest BCUT2D eigenvalue weighted by molar-refractivity contribution is 0.0134. The molecule has 1 aromatic heterocycles. The average molecular weight is 254 g/mol. The van der Waals surface area contributed by atoms with Crippen molar-refractivity contribution in [1.29, 1.82) is 0 Å². The van der Waals surface area contributed by atoms with Crippen LogP contribution < -0.4 is 5.73 Å². The Morgan fingerprint density at radius 3 is 2.50 bits per heavy atom. The molecule has 104 valence electrons. The molecule has 4 heteroatoms. The van der Waals surface area contributed by atoms with Crippen molar-refractivity contribution in [3.63, 3.8) is 0 Å². The molecule has 0 fully saturated rings. The standard InChI is InChI=1S/C14H26N2O2/c1-5-11(15)13(12-8-7-9-18-12)16(6-2)10-14(3,4)17/h7-9,11,13,17H,5-6,10,15H2,1-4H3. The van der Waals surface area contributed by atoms with Crippen LogP contribution in [-0.4, -0.2) is 34.7 Å². The molecular weight excluding hydrogens is 228 g/mol. The van der Waals surface area contributed by atoms with Crippen molar-refractivity contribution in [2.75, 3.05) is 13.1 Å². The van der Waals surface area contributed by atoms with Gasteiger partial charge in [0.15, 0.2) is 0 Å². The molecule has 0 bridgehead atoms. The SMILES string of the molecule is CCC(N)C(c1ccco1)N(CC)CC(C)(C)O. The Morgan fingerprint density at radius 1 is 1.44 bits per heavy atom. The topological polar surface area (TPSA) is 62.6 Å². The van der Waals surface area contributed by atoms with Gasteiger partial charge in [0.05, 0.1) is 17.9 Å². The fourth-order valence-electron chi connectivity index (χ4n) is 2.25. The number of aliphatic hydroxyl groups is 1. The molecule has 4 nitrogen and oxygen atoms in total. The van der Waals surface area contributed by atoms with Crippen LogP contribution in [0.15, 0.2) is 22.8 Å². The zero-order chi connectivity index (χ0) is 13.8. The van der Waals surface area contributed by atoms with Gasteiger partial charge in [-0.1, -0.05) is 13.8 Å². The quantitative estimate of drug-likeness (QED) is 0.782. The van der Waals surface area contributed by atoms with Gasteiger partial charge in [-0.05, 0) is 38.9 Å². The second-order valence-corrected chi connectivity index (χ2v) is 5.41. The normalized spacial score (nSPS) is 15.9. The maximum atomic E-state index is 10.0. The molecule has 2 unspecified atom stereocenters. The zero-order valence-electron chi connectivity index (χ0n) is 11.9. The highest BCUT2D eigenvalue weighted by Crippen LogP contribution is 2.26. The van der Waals surface area contributed by atoms with Crippen molar-refractivity contribution in [3.05, 3.63) is 24.2 Å². The van der Waals surface area contributed by atoms with Crippen LogP contribution in [0.1, 0.15) is 45.9 Å². The summed E-state index contributed by atoms with van der Waals surface area (Å²) >= 11 is 0. The fraction of sp³-hybridized carbons (Fsp3) is 0.714.